The van der Waals surface area contributed by atoms with Crippen LogP contribution in [-0.2, 0) is 6.54 Å². The van der Waals surface area contributed by atoms with Crippen LogP contribution in [0.2, 0.25) is 0 Å². The average Bonchev–Trinajstić information content (AvgIpc) is 2.84. The number of aromatic amines is 1. The molecule has 2 heterocycles. The topological polar surface area (TPSA) is 96.2 Å². The van der Waals surface area contributed by atoms with Crippen LogP contribution in [0.4, 0.5) is 11.5 Å². The molecule has 2 rings (SSSR count). The zero-order valence-corrected chi connectivity index (χ0v) is 12.8. The van der Waals surface area contributed by atoms with Gasteiger partial charge in [0.2, 0.25) is 0 Å². The number of likely N-dealkylation sites (tertiary alicyclic amines) is 1. The number of nitrogens with two attached hydrogens (primary N) is 1. The average molecular weight is 295 g/mol. The molecule has 0 spiro atoms. The minimum Gasteiger partial charge on any atom is -0.383 e. The lowest BCUT2D eigenvalue weighted by Gasteiger charge is -2.16. The molecule has 4 N–H and O–H groups in total. The minimum absolute atomic E-state index is 0.239. The Bertz CT molecular complexity index is 592. The van der Waals surface area contributed by atoms with Gasteiger partial charge in [-0.1, -0.05) is 13.3 Å². The van der Waals surface area contributed by atoms with Crippen LogP contribution in [0, 0.1) is 5.92 Å². The zero-order valence-electron chi connectivity index (χ0n) is 12.8. The van der Waals surface area contributed by atoms with Gasteiger partial charge in [0.1, 0.15) is 11.5 Å². The Hall–Kier alpha value is -1.76. The van der Waals surface area contributed by atoms with E-state index in [9.17, 15) is 9.59 Å². The molecule has 0 radical (unpaired) electrons. The van der Waals surface area contributed by atoms with Gasteiger partial charge in [-0.15, -0.1) is 0 Å². The largest absolute Gasteiger partial charge is 0.383 e. The molecule has 0 saturated carbocycles. The van der Waals surface area contributed by atoms with Crippen LogP contribution in [0.3, 0.4) is 0 Å². The summed E-state index contributed by atoms with van der Waals surface area (Å²) in [6, 6.07) is 0. The highest BCUT2D eigenvalue weighted by Crippen LogP contribution is 2.17. The van der Waals surface area contributed by atoms with Gasteiger partial charge in [0.05, 0.1) is 0 Å². The molecule has 1 saturated heterocycles. The monoisotopic (exact) mass is 295 g/mol. The first-order chi connectivity index (χ1) is 10.0. The second-order valence-corrected chi connectivity index (χ2v) is 5.82. The van der Waals surface area contributed by atoms with Crippen molar-refractivity contribution in [1.29, 1.82) is 0 Å². The summed E-state index contributed by atoms with van der Waals surface area (Å²) in [6.07, 6.45) is 2.92. The molecule has 1 aromatic heterocycles. The summed E-state index contributed by atoms with van der Waals surface area (Å²) in [7, 11) is 2.09. The number of hydrogen-bond donors (Lipinski definition) is 3. The number of anilines is 2. The summed E-state index contributed by atoms with van der Waals surface area (Å²) < 4.78 is 1.44. The maximum atomic E-state index is 11.9. The molecular formula is C14H25N5O2. The van der Waals surface area contributed by atoms with Crippen molar-refractivity contribution in [2.24, 2.45) is 5.92 Å². The van der Waals surface area contributed by atoms with Crippen molar-refractivity contribution in [3.8, 4) is 0 Å². The second-order valence-electron chi connectivity index (χ2n) is 5.82. The van der Waals surface area contributed by atoms with E-state index >= 15 is 0 Å². The molecule has 1 aliphatic heterocycles. The smallest absolute Gasteiger partial charge is 0.330 e. The SMILES string of the molecule is CCCCn1c(N)c(NCC2CCN(C)C2)c(=O)[nH]c1=O. The first-order valence-electron chi connectivity index (χ1n) is 7.58. The highest BCUT2D eigenvalue weighted by Gasteiger charge is 2.20. The van der Waals surface area contributed by atoms with Gasteiger partial charge in [-0.2, -0.15) is 0 Å². The Morgan fingerprint density at radius 3 is 2.81 bits per heavy atom. The van der Waals surface area contributed by atoms with Gasteiger partial charge in [0.25, 0.3) is 5.56 Å². The Labute approximate surface area is 124 Å². The molecule has 0 aromatic carbocycles. The van der Waals surface area contributed by atoms with Crippen LogP contribution in [-0.4, -0.2) is 41.1 Å². The first-order valence-corrected chi connectivity index (χ1v) is 7.58. The molecule has 21 heavy (non-hydrogen) atoms. The van der Waals surface area contributed by atoms with E-state index in [2.05, 4.69) is 22.2 Å². The van der Waals surface area contributed by atoms with Crippen molar-refractivity contribution < 1.29 is 0 Å². The Morgan fingerprint density at radius 2 is 2.19 bits per heavy atom. The number of hydrogen-bond acceptors (Lipinski definition) is 5. The fraction of sp³-hybridized carbons (Fsp3) is 0.714. The molecule has 7 nitrogen and oxygen atoms in total. The van der Waals surface area contributed by atoms with Crippen molar-refractivity contribution in [3.63, 3.8) is 0 Å². The third kappa shape index (κ3) is 3.66. The maximum absolute atomic E-state index is 11.9. The lowest BCUT2D eigenvalue weighted by molar-refractivity contribution is 0.399. The second kappa shape index (κ2) is 6.80. The number of aromatic nitrogens is 2. The molecular weight excluding hydrogens is 270 g/mol. The normalized spacial score (nSPS) is 19.0. The lowest BCUT2D eigenvalue weighted by atomic mass is 10.1. The highest BCUT2D eigenvalue weighted by molar-refractivity contribution is 5.60. The van der Waals surface area contributed by atoms with Crippen LogP contribution in [0.15, 0.2) is 9.59 Å². The molecule has 0 bridgehead atoms. The summed E-state index contributed by atoms with van der Waals surface area (Å²) >= 11 is 0. The third-order valence-electron chi connectivity index (χ3n) is 4.03. The van der Waals surface area contributed by atoms with E-state index in [0.29, 0.717) is 24.7 Å². The van der Waals surface area contributed by atoms with Gasteiger partial charge in [-0.05, 0) is 32.4 Å². The van der Waals surface area contributed by atoms with E-state index in [4.69, 9.17) is 5.73 Å². The van der Waals surface area contributed by atoms with Crippen molar-refractivity contribution in [3.05, 3.63) is 20.8 Å². The summed E-state index contributed by atoms with van der Waals surface area (Å²) in [5, 5.41) is 3.13. The standard InChI is InChI=1S/C14H25N5O2/c1-3-4-6-19-12(15)11(13(20)17-14(19)21)16-8-10-5-7-18(2)9-10/h10,16H,3-9,15H2,1-2H3,(H,17,20,21). The summed E-state index contributed by atoms with van der Waals surface area (Å²) in [5.41, 5.74) is 5.46. The van der Waals surface area contributed by atoms with Crippen molar-refractivity contribution >= 4 is 11.5 Å². The number of nitrogens with zero attached hydrogens (tertiary/aromatic N) is 2. The van der Waals surface area contributed by atoms with Crippen molar-refractivity contribution in [1.82, 2.24) is 14.5 Å². The maximum Gasteiger partial charge on any atom is 0.330 e. The van der Waals surface area contributed by atoms with Gasteiger partial charge in [0, 0.05) is 19.6 Å². The van der Waals surface area contributed by atoms with Crippen LogP contribution in [0.1, 0.15) is 26.2 Å². The lowest BCUT2D eigenvalue weighted by Crippen LogP contribution is -2.35. The van der Waals surface area contributed by atoms with E-state index in [0.717, 1.165) is 32.4 Å². The highest BCUT2D eigenvalue weighted by atomic mass is 16.2. The first kappa shape index (κ1) is 15.6. The number of nitrogens with one attached hydrogen (secondary N) is 2. The third-order valence-corrected chi connectivity index (χ3v) is 4.03. The zero-order chi connectivity index (χ0) is 15.4. The molecule has 118 valence electrons. The molecule has 1 unspecified atom stereocenters. The summed E-state index contributed by atoms with van der Waals surface area (Å²) in [4.78, 5) is 28.4. The molecule has 1 aromatic rings. The van der Waals surface area contributed by atoms with Crippen LogP contribution < -0.4 is 22.3 Å². The van der Waals surface area contributed by atoms with Gasteiger partial charge in [-0.3, -0.25) is 14.3 Å². The molecule has 1 atom stereocenters. The van der Waals surface area contributed by atoms with E-state index in [-0.39, 0.29) is 5.82 Å². The fourth-order valence-electron chi connectivity index (χ4n) is 2.74. The predicted octanol–water partition coefficient (Wildman–Crippen LogP) is 0.283. The molecule has 1 fully saturated rings. The molecule has 7 heteroatoms. The number of nitrogen functional groups attached to an aromatic ring is 1. The van der Waals surface area contributed by atoms with Gasteiger partial charge >= 0.3 is 5.69 Å². The van der Waals surface area contributed by atoms with Gasteiger partial charge in [-0.25, -0.2) is 4.79 Å². The molecule has 0 amide bonds. The molecule has 0 aliphatic carbocycles. The summed E-state index contributed by atoms with van der Waals surface area (Å²) in [5.74, 6) is 0.744. The number of rotatable bonds is 6. The van der Waals surface area contributed by atoms with E-state index in [1.165, 1.54) is 4.57 Å². The van der Waals surface area contributed by atoms with E-state index < -0.39 is 11.2 Å². The Morgan fingerprint density at radius 1 is 1.43 bits per heavy atom. The minimum atomic E-state index is -0.434. The van der Waals surface area contributed by atoms with Crippen LogP contribution in [0.5, 0.6) is 0 Å². The number of unbranched alkanes of at least 4 members (excludes halogenated alkanes) is 1. The van der Waals surface area contributed by atoms with Crippen LogP contribution >= 0.6 is 0 Å². The van der Waals surface area contributed by atoms with Gasteiger partial charge < -0.3 is 16.0 Å². The van der Waals surface area contributed by atoms with Crippen LogP contribution in [0.25, 0.3) is 0 Å². The number of H-pyrrole nitrogens is 1. The van der Waals surface area contributed by atoms with Crippen molar-refractivity contribution in [2.45, 2.75) is 32.7 Å². The Balaban J connectivity index is 2.14. The quantitative estimate of drug-likeness (QED) is 0.700. The van der Waals surface area contributed by atoms with E-state index in [1.807, 2.05) is 6.92 Å². The van der Waals surface area contributed by atoms with Crippen molar-refractivity contribution in [2.75, 3.05) is 37.7 Å². The fourth-order valence-corrected chi connectivity index (χ4v) is 2.74. The Kier molecular flexibility index (Phi) is 5.06. The predicted molar refractivity (Wildman–Crippen MR) is 84.7 cm³/mol. The summed E-state index contributed by atoms with van der Waals surface area (Å²) in [6.45, 7) is 5.36. The van der Waals surface area contributed by atoms with E-state index in [1.54, 1.807) is 0 Å². The van der Waals surface area contributed by atoms with Gasteiger partial charge in [0.15, 0.2) is 0 Å². The molecule has 1 aliphatic rings.